The van der Waals surface area contributed by atoms with E-state index in [1.165, 1.54) is 14.0 Å². The van der Waals surface area contributed by atoms with E-state index in [-0.39, 0.29) is 4.92 Å². The van der Waals surface area contributed by atoms with E-state index in [1.54, 1.807) is 37.3 Å². The zero-order valence-corrected chi connectivity index (χ0v) is 11.7. The molecule has 6 heteroatoms. The van der Waals surface area contributed by atoms with Gasteiger partial charge in [0.15, 0.2) is 11.5 Å². The minimum atomic E-state index is -0.617. The molecule has 0 saturated carbocycles. The van der Waals surface area contributed by atoms with E-state index < -0.39 is 12.0 Å². The summed E-state index contributed by atoms with van der Waals surface area (Å²) in [4.78, 5) is 21.1. The van der Waals surface area contributed by atoms with Crippen molar-refractivity contribution in [2.45, 2.75) is 26.3 Å². The van der Waals surface area contributed by atoms with Crippen LogP contribution in [0.25, 0.3) is 6.08 Å². The van der Waals surface area contributed by atoms with Crippen molar-refractivity contribution in [2.75, 3.05) is 7.11 Å². The summed E-state index contributed by atoms with van der Waals surface area (Å²) in [5.41, 5.74) is 0.813. The first-order chi connectivity index (χ1) is 9.43. The van der Waals surface area contributed by atoms with Crippen molar-refractivity contribution in [3.63, 3.8) is 0 Å². The van der Waals surface area contributed by atoms with Gasteiger partial charge >= 0.3 is 5.97 Å². The monoisotopic (exact) mass is 279 g/mol. The maximum absolute atomic E-state index is 10.9. The van der Waals surface area contributed by atoms with Gasteiger partial charge in [0.25, 0.3) is 0 Å². The van der Waals surface area contributed by atoms with Crippen LogP contribution in [0.4, 0.5) is 0 Å². The van der Waals surface area contributed by atoms with E-state index in [9.17, 15) is 14.9 Å². The Morgan fingerprint density at radius 3 is 2.70 bits per heavy atom. The first-order valence-electron chi connectivity index (χ1n) is 6.10. The van der Waals surface area contributed by atoms with Gasteiger partial charge in [-0.15, -0.1) is 0 Å². The van der Waals surface area contributed by atoms with Crippen LogP contribution >= 0.6 is 0 Å². The number of ether oxygens (including phenoxy) is 2. The number of carbonyl (C=O) groups excluding carboxylic acids is 1. The molecule has 0 aliphatic rings. The quantitative estimate of drug-likeness (QED) is 0.346. The Labute approximate surface area is 117 Å². The van der Waals surface area contributed by atoms with E-state index in [2.05, 4.69) is 0 Å². The van der Waals surface area contributed by atoms with Crippen molar-refractivity contribution in [2.24, 2.45) is 0 Å². The van der Waals surface area contributed by atoms with Crippen LogP contribution in [0, 0.1) is 10.1 Å². The molecule has 108 valence electrons. The number of nitrogens with zero attached hydrogens (tertiary/aromatic N) is 1. The number of esters is 1. The summed E-state index contributed by atoms with van der Waals surface area (Å²) < 4.78 is 10.1. The summed E-state index contributed by atoms with van der Waals surface area (Å²) in [5, 5.41) is 10.5. The second kappa shape index (κ2) is 7.28. The standard InChI is InChI=1S/C14H17NO5/c1-10(15(17)18)5-4-6-12-7-8-13(20-11(2)16)14(9-12)19-3/h4,6-10H,5H2,1-3H3/b6-4+. The Morgan fingerprint density at radius 1 is 1.45 bits per heavy atom. The predicted octanol–water partition coefficient (Wildman–Crippen LogP) is 2.69. The second-order valence-corrected chi connectivity index (χ2v) is 4.28. The first-order valence-corrected chi connectivity index (χ1v) is 6.10. The molecule has 0 radical (unpaired) electrons. The van der Waals surface area contributed by atoms with Gasteiger partial charge in [-0.3, -0.25) is 14.9 Å². The molecule has 1 aromatic carbocycles. The van der Waals surface area contributed by atoms with Gasteiger partial charge in [-0.2, -0.15) is 0 Å². The Bertz CT molecular complexity index is 524. The van der Waals surface area contributed by atoms with E-state index in [0.29, 0.717) is 17.9 Å². The third kappa shape index (κ3) is 4.72. The maximum atomic E-state index is 10.9. The molecular weight excluding hydrogens is 262 g/mol. The molecule has 0 heterocycles. The Hall–Kier alpha value is -2.37. The first kappa shape index (κ1) is 15.7. The van der Waals surface area contributed by atoms with Gasteiger partial charge in [0.2, 0.25) is 6.04 Å². The summed E-state index contributed by atoms with van der Waals surface area (Å²) in [6.07, 6.45) is 3.84. The molecular formula is C14H17NO5. The molecule has 0 aliphatic carbocycles. The number of hydrogen-bond donors (Lipinski definition) is 0. The Kier molecular flexibility index (Phi) is 5.71. The van der Waals surface area contributed by atoms with Gasteiger partial charge in [-0.1, -0.05) is 18.2 Å². The molecule has 0 saturated heterocycles. The zero-order valence-electron chi connectivity index (χ0n) is 11.7. The van der Waals surface area contributed by atoms with E-state index in [0.717, 1.165) is 5.56 Å². The van der Waals surface area contributed by atoms with Gasteiger partial charge in [0.05, 0.1) is 7.11 Å². The minimum Gasteiger partial charge on any atom is -0.493 e. The molecule has 0 N–H and O–H groups in total. The fourth-order valence-electron chi connectivity index (χ4n) is 1.51. The number of nitro groups is 1. The third-order valence-corrected chi connectivity index (χ3v) is 2.59. The van der Waals surface area contributed by atoms with Gasteiger partial charge in [0, 0.05) is 25.2 Å². The van der Waals surface area contributed by atoms with Gasteiger partial charge in [-0.25, -0.2) is 0 Å². The van der Waals surface area contributed by atoms with Crippen molar-refractivity contribution in [1.29, 1.82) is 0 Å². The van der Waals surface area contributed by atoms with Crippen LogP contribution in [-0.4, -0.2) is 24.0 Å². The van der Waals surface area contributed by atoms with Crippen molar-refractivity contribution >= 4 is 12.0 Å². The van der Waals surface area contributed by atoms with Gasteiger partial charge in [0.1, 0.15) is 0 Å². The molecule has 6 nitrogen and oxygen atoms in total. The highest BCUT2D eigenvalue weighted by atomic mass is 16.6. The van der Waals surface area contributed by atoms with Crippen molar-refractivity contribution in [3.05, 3.63) is 40.0 Å². The fraction of sp³-hybridized carbons (Fsp3) is 0.357. The van der Waals surface area contributed by atoms with Crippen LogP contribution < -0.4 is 9.47 Å². The van der Waals surface area contributed by atoms with Crippen molar-refractivity contribution in [3.8, 4) is 11.5 Å². The smallest absolute Gasteiger partial charge is 0.308 e. The third-order valence-electron chi connectivity index (χ3n) is 2.59. The molecule has 0 bridgehead atoms. The van der Waals surface area contributed by atoms with Crippen LogP contribution in [0.15, 0.2) is 24.3 Å². The molecule has 0 fully saturated rings. The summed E-state index contributed by atoms with van der Waals surface area (Å²) in [6, 6.07) is 4.45. The highest BCUT2D eigenvalue weighted by Gasteiger charge is 2.10. The van der Waals surface area contributed by atoms with E-state index in [4.69, 9.17) is 9.47 Å². The average Bonchev–Trinajstić information content (AvgIpc) is 2.39. The number of hydrogen-bond acceptors (Lipinski definition) is 5. The molecule has 1 atom stereocenters. The number of benzene rings is 1. The summed E-state index contributed by atoms with van der Waals surface area (Å²) >= 11 is 0. The molecule has 0 aliphatic heterocycles. The molecule has 20 heavy (non-hydrogen) atoms. The normalized spacial score (nSPS) is 12.2. The number of rotatable bonds is 6. The zero-order chi connectivity index (χ0) is 15.1. The highest BCUT2D eigenvalue weighted by molar-refractivity contribution is 5.71. The Morgan fingerprint density at radius 2 is 2.15 bits per heavy atom. The summed E-state index contributed by atoms with van der Waals surface area (Å²) in [6.45, 7) is 2.86. The lowest BCUT2D eigenvalue weighted by Crippen LogP contribution is -2.13. The summed E-state index contributed by atoms with van der Waals surface area (Å²) in [7, 11) is 1.48. The fourth-order valence-corrected chi connectivity index (χ4v) is 1.51. The SMILES string of the molecule is COc1cc(/C=C/CC(C)[N+](=O)[O-])ccc1OC(C)=O. The summed E-state index contributed by atoms with van der Waals surface area (Å²) in [5.74, 6) is 0.354. The molecule has 0 amide bonds. The minimum absolute atomic E-state index is 0.325. The lowest BCUT2D eigenvalue weighted by Gasteiger charge is -2.08. The molecule has 1 aromatic rings. The van der Waals surface area contributed by atoms with Crippen LogP contribution in [0.3, 0.4) is 0 Å². The van der Waals surface area contributed by atoms with Crippen LogP contribution in [0.2, 0.25) is 0 Å². The lowest BCUT2D eigenvalue weighted by molar-refractivity contribution is -0.517. The van der Waals surface area contributed by atoms with E-state index >= 15 is 0 Å². The molecule has 0 spiro atoms. The topological polar surface area (TPSA) is 78.7 Å². The number of methoxy groups -OCH3 is 1. The predicted molar refractivity (Wildman–Crippen MR) is 74.4 cm³/mol. The molecule has 1 unspecified atom stereocenters. The van der Waals surface area contributed by atoms with Gasteiger partial charge in [-0.05, 0) is 17.7 Å². The molecule has 0 aromatic heterocycles. The lowest BCUT2D eigenvalue weighted by atomic mass is 10.1. The van der Waals surface area contributed by atoms with Crippen LogP contribution in [-0.2, 0) is 4.79 Å². The van der Waals surface area contributed by atoms with Crippen molar-refractivity contribution < 1.29 is 19.2 Å². The van der Waals surface area contributed by atoms with Crippen LogP contribution in [0.5, 0.6) is 11.5 Å². The number of carbonyl (C=O) groups is 1. The van der Waals surface area contributed by atoms with Gasteiger partial charge < -0.3 is 9.47 Å². The maximum Gasteiger partial charge on any atom is 0.308 e. The molecule has 1 rings (SSSR count). The highest BCUT2D eigenvalue weighted by Crippen LogP contribution is 2.28. The van der Waals surface area contributed by atoms with Crippen molar-refractivity contribution in [1.82, 2.24) is 0 Å². The average molecular weight is 279 g/mol. The second-order valence-electron chi connectivity index (χ2n) is 4.28. The van der Waals surface area contributed by atoms with Crippen LogP contribution in [0.1, 0.15) is 25.8 Å². The van der Waals surface area contributed by atoms with E-state index in [1.807, 2.05) is 0 Å². The Balaban J connectivity index is 2.80. The largest absolute Gasteiger partial charge is 0.493 e.